The molecule has 0 bridgehead atoms. The fraction of sp³-hybridized carbons (Fsp3) is 0.125. The Morgan fingerprint density at radius 3 is 2.71 bits per heavy atom. The van der Waals surface area contributed by atoms with Gasteiger partial charge in [0.15, 0.2) is 5.82 Å². The third-order valence-corrected chi connectivity index (χ3v) is 2.58. The minimum atomic E-state index is -3.11. The number of fused-ring (bicyclic) bond motifs is 1. The van der Waals surface area contributed by atoms with Crippen molar-refractivity contribution in [2.75, 3.05) is 0 Å². The van der Waals surface area contributed by atoms with E-state index in [0.717, 1.165) is 4.47 Å². The van der Waals surface area contributed by atoms with Gasteiger partial charge >= 0.3 is 4.83 Å². The molecule has 6 heteroatoms. The van der Waals surface area contributed by atoms with Gasteiger partial charge in [-0.25, -0.2) is 4.98 Å². The zero-order valence-corrected chi connectivity index (χ0v) is 9.86. The van der Waals surface area contributed by atoms with Gasteiger partial charge in [-0.2, -0.15) is 8.78 Å². The maximum atomic E-state index is 12.8. The second-order valence-electron chi connectivity index (χ2n) is 2.74. The Kier molecular flexibility index (Phi) is 2.35. The monoisotopic (exact) mass is 324 g/mol. The largest absolute Gasteiger partial charge is 0.358 e. The summed E-state index contributed by atoms with van der Waals surface area (Å²) in [5, 5.41) is 0. The molecular weight excluding hydrogens is 322 g/mol. The highest BCUT2D eigenvalue weighted by atomic mass is 79.9. The van der Waals surface area contributed by atoms with Crippen molar-refractivity contribution in [3.8, 4) is 0 Å². The number of rotatable bonds is 1. The Morgan fingerprint density at radius 2 is 2.07 bits per heavy atom. The van der Waals surface area contributed by atoms with E-state index in [1.165, 1.54) is 0 Å². The van der Waals surface area contributed by atoms with Crippen LogP contribution in [0.25, 0.3) is 11.0 Å². The third kappa shape index (κ3) is 1.81. The van der Waals surface area contributed by atoms with Crippen molar-refractivity contribution in [2.45, 2.75) is 4.83 Å². The van der Waals surface area contributed by atoms with Crippen LogP contribution in [0, 0.1) is 0 Å². The van der Waals surface area contributed by atoms with E-state index in [-0.39, 0.29) is 5.82 Å². The second-order valence-corrected chi connectivity index (χ2v) is 4.66. The van der Waals surface area contributed by atoms with Gasteiger partial charge in [-0.1, -0.05) is 15.9 Å². The van der Waals surface area contributed by atoms with Crippen molar-refractivity contribution < 1.29 is 8.78 Å². The summed E-state index contributed by atoms with van der Waals surface area (Å²) in [7, 11) is 0. The highest BCUT2D eigenvalue weighted by Gasteiger charge is 2.31. The molecule has 0 unspecified atom stereocenters. The number of nitrogens with zero attached hydrogens (tertiary/aromatic N) is 1. The quantitative estimate of drug-likeness (QED) is 0.794. The molecule has 0 amide bonds. The fourth-order valence-electron chi connectivity index (χ4n) is 1.12. The van der Waals surface area contributed by atoms with Gasteiger partial charge in [-0.15, -0.1) is 0 Å². The van der Waals surface area contributed by atoms with Crippen LogP contribution in [0.1, 0.15) is 5.82 Å². The zero-order valence-electron chi connectivity index (χ0n) is 6.69. The molecule has 0 aliphatic heterocycles. The lowest BCUT2D eigenvalue weighted by Gasteiger charge is -2.01. The van der Waals surface area contributed by atoms with E-state index in [4.69, 9.17) is 0 Å². The number of H-pyrrole nitrogens is 1. The van der Waals surface area contributed by atoms with E-state index in [0.29, 0.717) is 11.0 Å². The molecule has 0 spiro atoms. The van der Waals surface area contributed by atoms with Gasteiger partial charge in [0.1, 0.15) is 0 Å². The number of aromatic amines is 1. The molecule has 1 heterocycles. The van der Waals surface area contributed by atoms with Crippen molar-refractivity contribution in [3.05, 3.63) is 28.5 Å². The number of halogens is 4. The molecule has 2 aromatic rings. The summed E-state index contributed by atoms with van der Waals surface area (Å²) in [6.07, 6.45) is 0. The van der Waals surface area contributed by atoms with Crippen LogP contribution in [0.3, 0.4) is 0 Å². The molecule has 0 atom stereocenters. The number of hydrogen-bond donors (Lipinski definition) is 1. The summed E-state index contributed by atoms with van der Waals surface area (Å²) in [5.74, 6) is -0.384. The Labute approximate surface area is 95.0 Å². The van der Waals surface area contributed by atoms with Gasteiger partial charge in [0.05, 0.1) is 11.0 Å². The molecule has 0 aliphatic rings. The number of imidazole rings is 1. The lowest BCUT2D eigenvalue weighted by molar-refractivity contribution is 0.105. The molecule has 1 aromatic heterocycles. The van der Waals surface area contributed by atoms with E-state index in [9.17, 15) is 8.78 Å². The molecule has 0 saturated carbocycles. The number of nitrogens with one attached hydrogen (secondary N) is 1. The normalized spacial score (nSPS) is 12.3. The minimum absolute atomic E-state index is 0.384. The zero-order chi connectivity index (χ0) is 10.3. The first-order valence-electron chi connectivity index (χ1n) is 3.69. The lowest BCUT2D eigenvalue weighted by Crippen LogP contribution is -2.04. The van der Waals surface area contributed by atoms with Crippen LogP contribution in [0.2, 0.25) is 0 Å². The van der Waals surface area contributed by atoms with Crippen molar-refractivity contribution in [2.24, 2.45) is 0 Å². The summed E-state index contributed by atoms with van der Waals surface area (Å²) in [4.78, 5) is 3.18. The summed E-state index contributed by atoms with van der Waals surface area (Å²) in [5.41, 5.74) is 1.09. The molecule has 14 heavy (non-hydrogen) atoms. The van der Waals surface area contributed by atoms with Crippen molar-refractivity contribution in [1.82, 2.24) is 9.97 Å². The van der Waals surface area contributed by atoms with Crippen LogP contribution >= 0.6 is 31.9 Å². The minimum Gasteiger partial charge on any atom is -0.336 e. The SMILES string of the molecule is FC(F)(Br)c1nc2ccc(Br)cc2[nH]1. The predicted octanol–water partition coefficient (Wildman–Crippen LogP) is 3.77. The molecule has 0 fully saturated rings. The average molecular weight is 326 g/mol. The number of alkyl halides is 3. The number of aromatic nitrogens is 2. The van der Waals surface area contributed by atoms with Crippen LogP contribution in [-0.4, -0.2) is 9.97 Å². The predicted molar refractivity (Wildman–Crippen MR) is 56.6 cm³/mol. The van der Waals surface area contributed by atoms with Crippen molar-refractivity contribution >= 4 is 42.9 Å². The first-order chi connectivity index (χ1) is 6.47. The number of benzene rings is 1. The van der Waals surface area contributed by atoms with Crippen LogP contribution in [0.4, 0.5) is 8.78 Å². The van der Waals surface area contributed by atoms with Gasteiger partial charge in [0, 0.05) is 4.47 Å². The van der Waals surface area contributed by atoms with Gasteiger partial charge in [0.2, 0.25) is 0 Å². The molecular formula is C8H4Br2F2N2. The summed E-state index contributed by atoms with van der Waals surface area (Å²) in [6, 6.07) is 5.11. The van der Waals surface area contributed by atoms with Crippen LogP contribution < -0.4 is 0 Å². The van der Waals surface area contributed by atoms with E-state index >= 15 is 0 Å². The van der Waals surface area contributed by atoms with Gasteiger partial charge in [-0.3, -0.25) is 0 Å². The van der Waals surface area contributed by atoms with Crippen molar-refractivity contribution in [3.63, 3.8) is 0 Å². The molecule has 1 aromatic carbocycles. The molecule has 0 aliphatic carbocycles. The molecule has 0 radical (unpaired) electrons. The molecule has 2 rings (SSSR count). The fourth-order valence-corrected chi connectivity index (χ4v) is 1.66. The Bertz CT molecular complexity index is 476. The van der Waals surface area contributed by atoms with Crippen LogP contribution in [0.5, 0.6) is 0 Å². The second kappa shape index (κ2) is 3.27. The topological polar surface area (TPSA) is 28.7 Å². The molecule has 0 saturated heterocycles. The van der Waals surface area contributed by atoms with E-state index in [1.54, 1.807) is 18.2 Å². The van der Waals surface area contributed by atoms with Gasteiger partial charge < -0.3 is 4.98 Å². The number of hydrogen-bond acceptors (Lipinski definition) is 1. The first kappa shape index (κ1) is 10.0. The van der Waals surface area contributed by atoms with E-state index in [2.05, 4.69) is 41.8 Å². The smallest absolute Gasteiger partial charge is 0.336 e. The van der Waals surface area contributed by atoms with Gasteiger partial charge in [0.25, 0.3) is 0 Å². The molecule has 2 nitrogen and oxygen atoms in total. The van der Waals surface area contributed by atoms with E-state index in [1.807, 2.05) is 0 Å². The Morgan fingerprint density at radius 1 is 1.36 bits per heavy atom. The summed E-state index contributed by atoms with van der Waals surface area (Å²) < 4.78 is 26.4. The Balaban J connectivity index is 2.63. The molecule has 74 valence electrons. The average Bonchev–Trinajstić information content (AvgIpc) is 2.45. The maximum absolute atomic E-state index is 12.8. The van der Waals surface area contributed by atoms with Gasteiger partial charge in [-0.05, 0) is 34.1 Å². The maximum Gasteiger partial charge on any atom is 0.358 e. The standard InChI is InChI=1S/C8H4Br2F2N2/c9-4-1-2-5-6(3-4)14-7(13-5)8(10,11)12/h1-3H,(H,13,14). The highest BCUT2D eigenvalue weighted by molar-refractivity contribution is 9.10. The third-order valence-electron chi connectivity index (χ3n) is 1.71. The lowest BCUT2D eigenvalue weighted by atomic mass is 10.3. The molecule has 1 N–H and O–H groups in total. The summed E-state index contributed by atoms with van der Waals surface area (Å²) in [6.45, 7) is 0. The van der Waals surface area contributed by atoms with Crippen LogP contribution in [0.15, 0.2) is 22.7 Å². The summed E-state index contributed by atoms with van der Waals surface area (Å²) >= 11 is 5.49. The highest BCUT2D eigenvalue weighted by Crippen LogP contribution is 2.33. The van der Waals surface area contributed by atoms with Crippen LogP contribution in [-0.2, 0) is 4.83 Å². The van der Waals surface area contributed by atoms with E-state index < -0.39 is 4.83 Å². The van der Waals surface area contributed by atoms with Crippen molar-refractivity contribution in [1.29, 1.82) is 0 Å². The first-order valence-corrected chi connectivity index (χ1v) is 5.28. The Hall–Kier alpha value is -0.490.